The first kappa shape index (κ1) is 16.3. The summed E-state index contributed by atoms with van der Waals surface area (Å²) in [4.78, 5) is 5.37. The van der Waals surface area contributed by atoms with E-state index in [9.17, 15) is 0 Å². The summed E-state index contributed by atoms with van der Waals surface area (Å²) in [6, 6.07) is 1.55. The number of likely N-dealkylation sites (N-methyl/N-ethyl adjacent to an activating group) is 1. The van der Waals surface area contributed by atoms with Crippen molar-refractivity contribution in [3.63, 3.8) is 0 Å². The van der Waals surface area contributed by atoms with Crippen molar-refractivity contribution in [2.75, 3.05) is 39.8 Å². The average molecular weight is 281 g/mol. The molecule has 0 aromatic carbocycles. The minimum absolute atomic E-state index is 0.749. The predicted molar refractivity (Wildman–Crippen MR) is 87.1 cm³/mol. The van der Waals surface area contributed by atoms with E-state index in [0.717, 1.165) is 23.9 Å². The van der Waals surface area contributed by atoms with Crippen LogP contribution in [0.25, 0.3) is 0 Å². The first-order valence-electron chi connectivity index (χ1n) is 8.81. The smallest absolute Gasteiger partial charge is 0.0235 e. The van der Waals surface area contributed by atoms with Gasteiger partial charge in [-0.3, -0.25) is 4.90 Å². The Morgan fingerprint density at radius 3 is 2.55 bits per heavy atom. The SMILES string of the molecule is CCN(CC)C1CCN(CC2CC(C)CCC2NC)C1. The number of hydrogen-bond acceptors (Lipinski definition) is 3. The lowest BCUT2D eigenvalue weighted by atomic mass is 9.78. The van der Waals surface area contributed by atoms with E-state index in [-0.39, 0.29) is 0 Å². The molecule has 1 aliphatic heterocycles. The molecular weight excluding hydrogens is 246 g/mol. The molecule has 20 heavy (non-hydrogen) atoms. The van der Waals surface area contributed by atoms with Crippen molar-refractivity contribution >= 4 is 0 Å². The molecule has 1 saturated heterocycles. The van der Waals surface area contributed by atoms with Crippen molar-refractivity contribution in [3.05, 3.63) is 0 Å². The molecule has 3 heteroatoms. The van der Waals surface area contributed by atoms with E-state index in [1.54, 1.807) is 0 Å². The highest BCUT2D eigenvalue weighted by Gasteiger charge is 2.32. The van der Waals surface area contributed by atoms with Crippen molar-refractivity contribution in [2.24, 2.45) is 11.8 Å². The number of rotatable bonds is 6. The topological polar surface area (TPSA) is 18.5 Å². The largest absolute Gasteiger partial charge is 0.317 e. The average Bonchev–Trinajstić information content (AvgIpc) is 2.89. The molecule has 1 saturated carbocycles. The molecule has 0 aromatic heterocycles. The quantitative estimate of drug-likeness (QED) is 0.807. The lowest BCUT2D eigenvalue weighted by molar-refractivity contribution is 0.153. The van der Waals surface area contributed by atoms with Crippen LogP contribution in [0.2, 0.25) is 0 Å². The van der Waals surface area contributed by atoms with E-state index in [1.807, 2.05) is 0 Å². The van der Waals surface area contributed by atoms with Crippen LogP contribution in [0.15, 0.2) is 0 Å². The van der Waals surface area contributed by atoms with Crippen LogP contribution in [0, 0.1) is 11.8 Å². The molecule has 118 valence electrons. The van der Waals surface area contributed by atoms with Crippen molar-refractivity contribution in [2.45, 2.75) is 58.5 Å². The van der Waals surface area contributed by atoms with Crippen LogP contribution in [0.4, 0.5) is 0 Å². The van der Waals surface area contributed by atoms with Gasteiger partial charge in [0.25, 0.3) is 0 Å². The lowest BCUT2D eigenvalue weighted by Crippen LogP contribution is -2.44. The number of likely N-dealkylation sites (tertiary alicyclic amines) is 1. The zero-order chi connectivity index (χ0) is 14.5. The Kier molecular flexibility index (Phi) is 6.31. The van der Waals surface area contributed by atoms with Crippen LogP contribution in [-0.2, 0) is 0 Å². The van der Waals surface area contributed by atoms with Gasteiger partial charge >= 0.3 is 0 Å². The molecular formula is C17H35N3. The van der Waals surface area contributed by atoms with Gasteiger partial charge in [-0.15, -0.1) is 0 Å². The van der Waals surface area contributed by atoms with E-state index in [2.05, 4.69) is 42.9 Å². The van der Waals surface area contributed by atoms with Gasteiger partial charge in [0.15, 0.2) is 0 Å². The zero-order valence-electron chi connectivity index (χ0n) is 14.1. The zero-order valence-corrected chi connectivity index (χ0v) is 14.1. The Balaban J connectivity index is 1.84. The van der Waals surface area contributed by atoms with Crippen molar-refractivity contribution in [3.8, 4) is 0 Å². The van der Waals surface area contributed by atoms with Crippen LogP contribution in [-0.4, -0.2) is 61.7 Å². The molecule has 4 unspecified atom stereocenters. The van der Waals surface area contributed by atoms with Gasteiger partial charge in [-0.25, -0.2) is 0 Å². The van der Waals surface area contributed by atoms with Gasteiger partial charge in [-0.2, -0.15) is 0 Å². The third-order valence-corrected chi connectivity index (χ3v) is 5.68. The van der Waals surface area contributed by atoms with Crippen molar-refractivity contribution in [1.29, 1.82) is 0 Å². The molecule has 0 bridgehead atoms. The normalized spacial score (nSPS) is 35.9. The lowest BCUT2D eigenvalue weighted by Gasteiger charge is -2.37. The second kappa shape index (κ2) is 7.77. The number of nitrogens with one attached hydrogen (secondary N) is 1. The standard InChI is InChI=1S/C17H35N3/c1-5-20(6-2)16-9-10-19(13-16)12-15-11-14(3)7-8-17(15)18-4/h14-18H,5-13H2,1-4H3. The predicted octanol–water partition coefficient (Wildman–Crippen LogP) is 2.43. The summed E-state index contributed by atoms with van der Waals surface area (Å²) in [5, 5.41) is 3.57. The van der Waals surface area contributed by atoms with Crippen LogP contribution in [0.5, 0.6) is 0 Å². The maximum atomic E-state index is 3.57. The minimum atomic E-state index is 0.749. The second-order valence-corrected chi connectivity index (χ2v) is 7.00. The Hall–Kier alpha value is -0.120. The van der Waals surface area contributed by atoms with E-state index in [1.165, 1.54) is 58.4 Å². The van der Waals surface area contributed by atoms with Gasteiger partial charge < -0.3 is 10.2 Å². The van der Waals surface area contributed by atoms with Gasteiger partial charge in [0.2, 0.25) is 0 Å². The fourth-order valence-corrected chi connectivity index (χ4v) is 4.43. The van der Waals surface area contributed by atoms with Gasteiger partial charge in [0, 0.05) is 25.2 Å². The molecule has 1 aliphatic carbocycles. The van der Waals surface area contributed by atoms with Gasteiger partial charge in [-0.05, 0) is 64.2 Å². The maximum absolute atomic E-state index is 3.57. The molecule has 0 spiro atoms. The van der Waals surface area contributed by atoms with Crippen molar-refractivity contribution < 1.29 is 0 Å². The van der Waals surface area contributed by atoms with E-state index >= 15 is 0 Å². The highest BCUT2D eigenvalue weighted by atomic mass is 15.2. The molecule has 4 atom stereocenters. The molecule has 2 aliphatic rings. The fraction of sp³-hybridized carbons (Fsp3) is 1.00. The molecule has 2 fully saturated rings. The van der Waals surface area contributed by atoms with Gasteiger partial charge in [0.1, 0.15) is 0 Å². The summed E-state index contributed by atoms with van der Waals surface area (Å²) >= 11 is 0. The Morgan fingerprint density at radius 1 is 1.15 bits per heavy atom. The summed E-state index contributed by atoms with van der Waals surface area (Å²) in [6.07, 6.45) is 5.56. The Labute approximate surface area is 126 Å². The van der Waals surface area contributed by atoms with Crippen LogP contribution in [0.1, 0.15) is 46.5 Å². The fourth-order valence-electron chi connectivity index (χ4n) is 4.43. The first-order chi connectivity index (χ1) is 9.67. The van der Waals surface area contributed by atoms with Crippen LogP contribution in [0.3, 0.4) is 0 Å². The summed E-state index contributed by atoms with van der Waals surface area (Å²) in [7, 11) is 2.15. The first-order valence-corrected chi connectivity index (χ1v) is 8.81. The summed E-state index contributed by atoms with van der Waals surface area (Å²) in [6.45, 7) is 13.3. The molecule has 2 rings (SSSR count). The highest BCUT2D eigenvalue weighted by molar-refractivity contribution is 4.89. The third kappa shape index (κ3) is 3.96. The van der Waals surface area contributed by atoms with Crippen LogP contribution >= 0.6 is 0 Å². The van der Waals surface area contributed by atoms with E-state index in [0.29, 0.717) is 0 Å². The summed E-state index contributed by atoms with van der Waals surface area (Å²) < 4.78 is 0. The third-order valence-electron chi connectivity index (χ3n) is 5.68. The van der Waals surface area contributed by atoms with Crippen molar-refractivity contribution in [1.82, 2.24) is 15.1 Å². The molecule has 0 amide bonds. The number of hydrogen-bond donors (Lipinski definition) is 1. The Morgan fingerprint density at radius 2 is 1.90 bits per heavy atom. The molecule has 0 aromatic rings. The minimum Gasteiger partial charge on any atom is -0.317 e. The Bertz CT molecular complexity index is 277. The summed E-state index contributed by atoms with van der Waals surface area (Å²) in [5.41, 5.74) is 0. The summed E-state index contributed by atoms with van der Waals surface area (Å²) in [5.74, 6) is 1.78. The second-order valence-electron chi connectivity index (χ2n) is 7.00. The number of nitrogens with zero attached hydrogens (tertiary/aromatic N) is 2. The molecule has 3 nitrogen and oxygen atoms in total. The monoisotopic (exact) mass is 281 g/mol. The van der Waals surface area contributed by atoms with Crippen LogP contribution < -0.4 is 5.32 Å². The van der Waals surface area contributed by atoms with E-state index < -0.39 is 0 Å². The molecule has 0 radical (unpaired) electrons. The maximum Gasteiger partial charge on any atom is 0.0235 e. The van der Waals surface area contributed by atoms with Gasteiger partial charge in [-0.1, -0.05) is 20.8 Å². The highest BCUT2D eigenvalue weighted by Crippen LogP contribution is 2.30. The van der Waals surface area contributed by atoms with E-state index in [4.69, 9.17) is 0 Å². The van der Waals surface area contributed by atoms with Gasteiger partial charge in [0.05, 0.1) is 0 Å². The molecule has 1 heterocycles. The molecule has 1 N–H and O–H groups in total.